The molecule has 0 aliphatic rings. The second kappa shape index (κ2) is 5.96. The molecule has 0 spiro atoms. The van der Waals surface area contributed by atoms with E-state index in [4.69, 9.17) is 0 Å². The van der Waals surface area contributed by atoms with E-state index in [0.29, 0.717) is 16.0 Å². The first-order chi connectivity index (χ1) is 9.49. The number of ketones is 1. The Morgan fingerprint density at radius 1 is 1.25 bits per heavy atom. The average Bonchev–Trinajstić information content (AvgIpc) is 2.85. The van der Waals surface area contributed by atoms with E-state index in [1.807, 2.05) is 0 Å². The third kappa shape index (κ3) is 3.30. The Morgan fingerprint density at radius 3 is 2.65 bits per heavy atom. The maximum absolute atomic E-state index is 13.3. The van der Waals surface area contributed by atoms with E-state index in [1.54, 1.807) is 25.1 Å². The van der Waals surface area contributed by atoms with Crippen molar-refractivity contribution >= 4 is 23.1 Å². The zero-order valence-corrected chi connectivity index (χ0v) is 11.9. The fraction of sp³-hybridized carbons (Fsp3) is 0.200. The summed E-state index contributed by atoms with van der Waals surface area (Å²) in [5.41, 5.74) is 1.01. The zero-order valence-electron chi connectivity index (χ0n) is 11.1. The van der Waals surface area contributed by atoms with Crippen LogP contribution in [0.25, 0.3) is 0 Å². The highest BCUT2D eigenvalue weighted by molar-refractivity contribution is 7.14. The maximum atomic E-state index is 13.3. The molecule has 3 nitrogen and oxygen atoms in total. The molecule has 0 aliphatic heterocycles. The first-order valence-electron chi connectivity index (χ1n) is 5.97. The van der Waals surface area contributed by atoms with Gasteiger partial charge >= 0.3 is 5.97 Å². The van der Waals surface area contributed by atoms with Gasteiger partial charge in [0.1, 0.15) is 5.82 Å². The zero-order chi connectivity index (χ0) is 14.7. The van der Waals surface area contributed by atoms with Crippen molar-refractivity contribution in [2.75, 3.05) is 7.11 Å². The molecule has 0 N–H and O–H groups in total. The van der Waals surface area contributed by atoms with Crippen molar-refractivity contribution in [2.24, 2.45) is 0 Å². The van der Waals surface area contributed by atoms with Crippen LogP contribution in [-0.4, -0.2) is 18.9 Å². The molecule has 1 aromatic carbocycles. The van der Waals surface area contributed by atoms with Crippen LogP contribution in [0.3, 0.4) is 0 Å². The van der Waals surface area contributed by atoms with Crippen molar-refractivity contribution < 1.29 is 18.7 Å². The summed E-state index contributed by atoms with van der Waals surface area (Å²) in [6, 6.07) is 7.58. The second-order valence-corrected chi connectivity index (χ2v) is 5.53. The van der Waals surface area contributed by atoms with Crippen LogP contribution in [0.1, 0.15) is 25.7 Å². The van der Waals surface area contributed by atoms with E-state index in [1.165, 1.54) is 30.6 Å². The molecule has 0 bridgehead atoms. The van der Waals surface area contributed by atoms with Gasteiger partial charge < -0.3 is 4.74 Å². The minimum atomic E-state index is -0.431. The largest absolute Gasteiger partial charge is 0.469 e. The first-order valence-corrected chi connectivity index (χ1v) is 6.78. The third-order valence-electron chi connectivity index (χ3n) is 2.74. The molecule has 2 rings (SSSR count). The molecule has 1 heterocycles. The maximum Gasteiger partial charge on any atom is 0.310 e. The number of benzene rings is 1. The number of hydrogen-bond acceptors (Lipinski definition) is 4. The molecule has 20 heavy (non-hydrogen) atoms. The fourth-order valence-corrected chi connectivity index (χ4v) is 2.77. The summed E-state index contributed by atoms with van der Waals surface area (Å²) < 4.78 is 17.9. The summed E-state index contributed by atoms with van der Waals surface area (Å²) in [6.45, 7) is 1.73. The van der Waals surface area contributed by atoms with Gasteiger partial charge in [-0.1, -0.05) is 0 Å². The van der Waals surface area contributed by atoms with Crippen LogP contribution in [0.2, 0.25) is 0 Å². The first kappa shape index (κ1) is 14.4. The number of methoxy groups -OCH3 is 1. The number of aryl methyl sites for hydroxylation is 1. The lowest BCUT2D eigenvalue weighted by atomic mass is 10.1. The van der Waals surface area contributed by atoms with Gasteiger partial charge in [0.15, 0.2) is 0 Å². The number of carbonyl (C=O) groups is 2. The number of hydrogen-bond donors (Lipinski definition) is 0. The van der Waals surface area contributed by atoms with Crippen molar-refractivity contribution in [3.63, 3.8) is 0 Å². The Bertz CT molecular complexity index is 641. The SMILES string of the molecule is COC(=O)Cc1ccc(C(=O)c2cc(C)cc(F)c2)s1. The van der Waals surface area contributed by atoms with Gasteiger partial charge in [-0.05, 0) is 42.8 Å². The second-order valence-electron chi connectivity index (χ2n) is 4.37. The highest BCUT2D eigenvalue weighted by Crippen LogP contribution is 2.22. The van der Waals surface area contributed by atoms with Gasteiger partial charge in [0, 0.05) is 10.4 Å². The van der Waals surface area contributed by atoms with Crippen LogP contribution in [0, 0.1) is 12.7 Å². The van der Waals surface area contributed by atoms with E-state index in [9.17, 15) is 14.0 Å². The number of carbonyl (C=O) groups excluding carboxylic acids is 2. The van der Waals surface area contributed by atoms with Gasteiger partial charge in [-0.15, -0.1) is 11.3 Å². The molecule has 0 radical (unpaired) electrons. The Morgan fingerprint density at radius 2 is 2.00 bits per heavy atom. The molecule has 0 amide bonds. The molecule has 0 saturated heterocycles. The molecule has 1 aromatic heterocycles. The molecule has 0 fully saturated rings. The van der Waals surface area contributed by atoms with Crippen LogP contribution >= 0.6 is 11.3 Å². The van der Waals surface area contributed by atoms with Crippen LogP contribution in [0.4, 0.5) is 4.39 Å². The molecule has 5 heteroatoms. The smallest absolute Gasteiger partial charge is 0.310 e. The number of rotatable bonds is 4. The lowest BCUT2D eigenvalue weighted by molar-refractivity contribution is -0.139. The predicted octanol–water partition coefficient (Wildman–Crippen LogP) is 3.14. The highest BCUT2D eigenvalue weighted by Gasteiger charge is 2.14. The summed E-state index contributed by atoms with van der Waals surface area (Å²) in [6.07, 6.45) is 0.136. The Labute approximate surface area is 120 Å². The van der Waals surface area contributed by atoms with Crippen molar-refractivity contribution in [3.8, 4) is 0 Å². The average molecular weight is 292 g/mol. The molecule has 0 aliphatic carbocycles. The molecular formula is C15H13FO3S. The standard InChI is InChI=1S/C15H13FO3S/c1-9-5-10(7-11(16)6-9)15(18)13-4-3-12(20-13)8-14(17)19-2/h3-7H,8H2,1-2H3. The molecule has 104 valence electrons. The Balaban J connectivity index is 2.23. The topological polar surface area (TPSA) is 43.4 Å². The number of halogens is 1. The quantitative estimate of drug-likeness (QED) is 0.642. The van der Waals surface area contributed by atoms with Crippen molar-refractivity contribution in [1.29, 1.82) is 0 Å². The molecule has 0 atom stereocenters. The molecular weight excluding hydrogens is 279 g/mol. The lowest BCUT2D eigenvalue weighted by Crippen LogP contribution is -2.02. The normalized spacial score (nSPS) is 10.3. The fourth-order valence-electron chi connectivity index (χ4n) is 1.82. The van der Waals surface area contributed by atoms with Crippen LogP contribution in [0.15, 0.2) is 30.3 Å². The molecule has 0 unspecified atom stereocenters. The van der Waals surface area contributed by atoms with Gasteiger partial charge in [-0.3, -0.25) is 9.59 Å². The summed E-state index contributed by atoms with van der Waals surface area (Å²) in [4.78, 5) is 24.6. The van der Waals surface area contributed by atoms with E-state index < -0.39 is 5.82 Å². The Kier molecular flexibility index (Phi) is 4.29. The van der Waals surface area contributed by atoms with Crippen molar-refractivity contribution in [2.45, 2.75) is 13.3 Å². The Hall–Kier alpha value is -2.01. The summed E-state index contributed by atoms with van der Waals surface area (Å²) in [5, 5.41) is 0. The van der Waals surface area contributed by atoms with Gasteiger partial charge in [-0.25, -0.2) is 4.39 Å². The van der Waals surface area contributed by atoms with Gasteiger partial charge in [-0.2, -0.15) is 0 Å². The van der Waals surface area contributed by atoms with Crippen molar-refractivity contribution in [3.05, 3.63) is 57.0 Å². The molecule has 0 saturated carbocycles. The monoisotopic (exact) mass is 292 g/mol. The highest BCUT2D eigenvalue weighted by atomic mass is 32.1. The lowest BCUT2D eigenvalue weighted by Gasteiger charge is -2.01. The summed E-state index contributed by atoms with van der Waals surface area (Å²) >= 11 is 1.22. The van der Waals surface area contributed by atoms with Gasteiger partial charge in [0.05, 0.1) is 18.4 Å². The van der Waals surface area contributed by atoms with E-state index in [2.05, 4.69) is 4.74 Å². The van der Waals surface area contributed by atoms with Crippen LogP contribution in [-0.2, 0) is 16.0 Å². The van der Waals surface area contributed by atoms with E-state index in [-0.39, 0.29) is 18.2 Å². The van der Waals surface area contributed by atoms with Crippen molar-refractivity contribution in [1.82, 2.24) is 0 Å². The van der Waals surface area contributed by atoms with Crippen LogP contribution in [0.5, 0.6) is 0 Å². The molecule has 2 aromatic rings. The summed E-state index contributed by atoms with van der Waals surface area (Å²) in [5.74, 6) is -1.03. The minimum Gasteiger partial charge on any atom is -0.469 e. The third-order valence-corrected chi connectivity index (χ3v) is 3.82. The van der Waals surface area contributed by atoms with E-state index >= 15 is 0 Å². The minimum absolute atomic E-state index is 0.136. The number of esters is 1. The predicted molar refractivity (Wildman–Crippen MR) is 74.6 cm³/mol. The van der Waals surface area contributed by atoms with Gasteiger partial charge in [0.2, 0.25) is 5.78 Å². The number of ether oxygens (including phenoxy) is 1. The van der Waals surface area contributed by atoms with E-state index in [0.717, 1.165) is 4.88 Å². The number of thiophene rings is 1. The van der Waals surface area contributed by atoms with Gasteiger partial charge in [0.25, 0.3) is 0 Å². The summed E-state index contributed by atoms with van der Waals surface area (Å²) in [7, 11) is 1.32. The van der Waals surface area contributed by atoms with Crippen LogP contribution < -0.4 is 0 Å².